The van der Waals surface area contributed by atoms with Gasteiger partial charge >= 0.3 is 6.09 Å². The van der Waals surface area contributed by atoms with Crippen molar-refractivity contribution < 1.29 is 33.1 Å². The van der Waals surface area contributed by atoms with Crippen LogP contribution in [0, 0.1) is 6.92 Å². The van der Waals surface area contributed by atoms with Crippen molar-refractivity contribution in [3.05, 3.63) is 29.8 Å². The smallest absolute Gasteiger partial charge is 0.407 e. The normalized spacial score (nSPS) is 12.3. The van der Waals surface area contributed by atoms with Gasteiger partial charge < -0.3 is 25.5 Å². The van der Waals surface area contributed by atoms with Gasteiger partial charge in [-0.2, -0.15) is 8.42 Å². The molecule has 27 heavy (non-hydrogen) atoms. The number of nitrogens with one attached hydrogen (secondary N) is 1. The summed E-state index contributed by atoms with van der Waals surface area (Å²) in [5.74, 6) is 0. The number of likely N-dealkylation sites (N-methyl/N-ethyl adjacent to an activating group) is 1. The van der Waals surface area contributed by atoms with E-state index in [4.69, 9.17) is 14.4 Å². The third kappa shape index (κ3) is 14.1. The number of hydrogen-bond acceptors (Lipinski definition) is 6. The largest absolute Gasteiger partial charge is 0.444 e. The number of amides is 1. The SMILES string of the molecule is CN(C)C[C@H](CO)NC(=O)OC(C)(C)C.Cc1ccc(S(=O)(=O)O)cc1.O. The Kier molecular flexibility index (Phi) is 12.1. The van der Waals surface area contributed by atoms with Crippen molar-refractivity contribution in [2.45, 2.75) is 44.2 Å². The van der Waals surface area contributed by atoms with E-state index in [9.17, 15) is 13.2 Å². The van der Waals surface area contributed by atoms with Gasteiger partial charge in [0.15, 0.2) is 0 Å². The molecule has 1 atom stereocenters. The van der Waals surface area contributed by atoms with Gasteiger partial charge in [0.2, 0.25) is 0 Å². The van der Waals surface area contributed by atoms with Crippen LogP contribution in [0.1, 0.15) is 26.3 Å². The molecule has 0 aliphatic rings. The number of benzene rings is 1. The van der Waals surface area contributed by atoms with Gasteiger partial charge in [-0.3, -0.25) is 4.55 Å². The average Bonchev–Trinajstić information content (AvgIpc) is 2.44. The second-order valence-electron chi connectivity index (χ2n) is 7.08. The maximum absolute atomic E-state index is 11.3. The van der Waals surface area contributed by atoms with E-state index in [1.54, 1.807) is 32.9 Å². The number of carbonyl (C=O) groups is 1. The number of aliphatic hydroxyl groups excluding tert-OH is 1. The standard InChI is InChI=1S/C10H22N2O3.C7H8O3S.H2O/c1-10(2,3)15-9(14)11-8(7-13)6-12(4)5;1-6-2-4-7(5-3-6)11(8,9)10;/h8,13H,6-7H2,1-5H3,(H,11,14);2-5H,1H3,(H,8,9,10);1H2/t8-;;/m1../s1. The van der Waals surface area contributed by atoms with Crippen molar-refractivity contribution in [3.63, 3.8) is 0 Å². The first kappa shape index (κ1) is 27.5. The van der Waals surface area contributed by atoms with Crippen LogP contribution in [0.4, 0.5) is 4.79 Å². The Balaban J connectivity index is 0. The summed E-state index contributed by atoms with van der Waals surface area (Å²) in [6.07, 6.45) is -0.497. The highest BCUT2D eigenvalue weighted by molar-refractivity contribution is 7.85. The van der Waals surface area contributed by atoms with Crippen LogP contribution >= 0.6 is 0 Å². The lowest BCUT2D eigenvalue weighted by molar-refractivity contribution is 0.0472. The third-order valence-electron chi connectivity index (χ3n) is 2.85. The monoisotopic (exact) mass is 408 g/mol. The van der Waals surface area contributed by atoms with E-state index in [1.807, 2.05) is 25.9 Å². The van der Waals surface area contributed by atoms with Gasteiger partial charge in [0, 0.05) is 6.54 Å². The molecule has 0 aliphatic carbocycles. The van der Waals surface area contributed by atoms with Crippen molar-refractivity contribution in [1.82, 2.24) is 10.2 Å². The average molecular weight is 409 g/mol. The lowest BCUT2D eigenvalue weighted by Gasteiger charge is -2.24. The first-order chi connectivity index (χ1) is 11.7. The lowest BCUT2D eigenvalue weighted by atomic mass is 10.2. The van der Waals surface area contributed by atoms with E-state index >= 15 is 0 Å². The van der Waals surface area contributed by atoms with Crippen LogP contribution < -0.4 is 5.32 Å². The lowest BCUT2D eigenvalue weighted by Crippen LogP contribution is -2.45. The molecule has 0 saturated carbocycles. The minimum Gasteiger partial charge on any atom is -0.444 e. The molecule has 5 N–H and O–H groups in total. The first-order valence-electron chi connectivity index (χ1n) is 8.04. The molecule has 0 unspecified atom stereocenters. The summed E-state index contributed by atoms with van der Waals surface area (Å²) in [5, 5.41) is 11.6. The van der Waals surface area contributed by atoms with Gasteiger partial charge in [-0.05, 0) is 53.9 Å². The number of aryl methyl sites for hydroxylation is 1. The molecule has 10 heteroatoms. The number of rotatable bonds is 5. The Morgan fingerprint density at radius 3 is 2.04 bits per heavy atom. The van der Waals surface area contributed by atoms with Crippen LogP contribution in [0.2, 0.25) is 0 Å². The van der Waals surface area contributed by atoms with Gasteiger partial charge in [0.05, 0.1) is 17.5 Å². The highest BCUT2D eigenvalue weighted by Gasteiger charge is 2.19. The number of hydrogen-bond donors (Lipinski definition) is 3. The van der Waals surface area contributed by atoms with Crippen LogP contribution in [0.15, 0.2) is 29.2 Å². The maximum atomic E-state index is 11.3. The van der Waals surface area contributed by atoms with Gasteiger partial charge in [-0.1, -0.05) is 17.7 Å². The van der Waals surface area contributed by atoms with E-state index in [1.165, 1.54) is 12.1 Å². The summed E-state index contributed by atoms with van der Waals surface area (Å²) in [6, 6.07) is 5.69. The van der Waals surface area contributed by atoms with E-state index in [2.05, 4.69) is 5.32 Å². The Morgan fingerprint density at radius 1 is 1.22 bits per heavy atom. The van der Waals surface area contributed by atoms with Crippen molar-refractivity contribution in [2.75, 3.05) is 27.2 Å². The molecule has 1 rings (SSSR count). The van der Waals surface area contributed by atoms with Crippen molar-refractivity contribution in [1.29, 1.82) is 0 Å². The molecule has 0 spiro atoms. The zero-order valence-corrected chi connectivity index (χ0v) is 17.5. The predicted molar refractivity (Wildman–Crippen MR) is 103 cm³/mol. The van der Waals surface area contributed by atoms with Crippen LogP contribution in [-0.4, -0.2) is 73.4 Å². The summed E-state index contributed by atoms with van der Waals surface area (Å²) < 4.78 is 34.6. The fourth-order valence-corrected chi connectivity index (χ4v) is 2.25. The maximum Gasteiger partial charge on any atom is 0.407 e. The molecule has 0 saturated heterocycles. The zero-order chi connectivity index (χ0) is 20.5. The van der Waals surface area contributed by atoms with Gasteiger partial charge in [0.25, 0.3) is 10.1 Å². The highest BCUT2D eigenvalue weighted by Crippen LogP contribution is 2.08. The molecule has 0 aliphatic heterocycles. The number of alkyl carbamates (subject to hydrolysis) is 1. The summed E-state index contributed by atoms with van der Waals surface area (Å²) in [7, 11) is -0.271. The second-order valence-corrected chi connectivity index (χ2v) is 8.50. The fraction of sp³-hybridized carbons (Fsp3) is 0.588. The Morgan fingerprint density at radius 2 is 1.70 bits per heavy atom. The van der Waals surface area contributed by atoms with Gasteiger partial charge in [0.1, 0.15) is 5.60 Å². The van der Waals surface area contributed by atoms with E-state index in [0.29, 0.717) is 6.54 Å². The molecule has 1 amide bonds. The Hall–Kier alpha value is -1.72. The summed E-state index contributed by atoms with van der Waals surface area (Å²) in [4.78, 5) is 13.2. The summed E-state index contributed by atoms with van der Waals surface area (Å²) in [6.45, 7) is 7.71. The zero-order valence-electron chi connectivity index (χ0n) is 16.7. The minimum absolute atomic E-state index is 0. The second kappa shape index (κ2) is 11.9. The molecule has 0 fully saturated rings. The van der Waals surface area contributed by atoms with Crippen molar-refractivity contribution in [2.24, 2.45) is 0 Å². The third-order valence-corrected chi connectivity index (χ3v) is 3.71. The molecular formula is C17H32N2O7S. The van der Waals surface area contributed by atoms with Gasteiger partial charge in [-0.25, -0.2) is 4.79 Å². The Bertz CT molecular complexity index is 653. The predicted octanol–water partition coefficient (Wildman–Crippen LogP) is 0.851. The van der Waals surface area contributed by atoms with Crippen LogP contribution in [0.3, 0.4) is 0 Å². The van der Waals surface area contributed by atoms with Gasteiger partial charge in [-0.15, -0.1) is 0 Å². The molecule has 1 aromatic rings. The van der Waals surface area contributed by atoms with Crippen LogP contribution in [0.5, 0.6) is 0 Å². The summed E-state index contributed by atoms with van der Waals surface area (Å²) >= 11 is 0. The number of nitrogens with zero attached hydrogens (tertiary/aromatic N) is 1. The highest BCUT2D eigenvalue weighted by atomic mass is 32.2. The van der Waals surface area contributed by atoms with Crippen LogP contribution in [-0.2, 0) is 14.9 Å². The number of aliphatic hydroxyl groups is 1. The molecule has 0 aromatic heterocycles. The molecule has 9 nitrogen and oxygen atoms in total. The number of ether oxygens (including phenoxy) is 1. The van der Waals surface area contributed by atoms with E-state index in [-0.39, 0.29) is 23.0 Å². The molecule has 0 heterocycles. The van der Waals surface area contributed by atoms with E-state index < -0.39 is 21.8 Å². The van der Waals surface area contributed by atoms with Crippen molar-refractivity contribution >= 4 is 16.2 Å². The molecular weight excluding hydrogens is 376 g/mol. The fourth-order valence-electron chi connectivity index (χ4n) is 1.77. The van der Waals surface area contributed by atoms with E-state index in [0.717, 1.165) is 5.56 Å². The molecule has 158 valence electrons. The minimum atomic E-state index is -4.02. The molecule has 0 bridgehead atoms. The Labute approximate surface area is 161 Å². The molecule has 1 aromatic carbocycles. The number of carbonyl (C=O) groups excluding carboxylic acids is 1. The first-order valence-corrected chi connectivity index (χ1v) is 9.48. The quantitative estimate of drug-likeness (QED) is 0.612. The summed E-state index contributed by atoms with van der Waals surface area (Å²) in [5.41, 5.74) is 0.444. The topological polar surface area (TPSA) is 148 Å². The molecule has 0 radical (unpaired) electrons. The van der Waals surface area contributed by atoms with Crippen molar-refractivity contribution in [3.8, 4) is 0 Å². The van der Waals surface area contributed by atoms with Crippen LogP contribution in [0.25, 0.3) is 0 Å².